The summed E-state index contributed by atoms with van der Waals surface area (Å²) in [7, 11) is 0. The summed E-state index contributed by atoms with van der Waals surface area (Å²) in [5.74, 6) is -1.82. The van der Waals surface area contributed by atoms with E-state index in [1.54, 1.807) is 23.4 Å². The van der Waals surface area contributed by atoms with Crippen LogP contribution in [0.2, 0.25) is 0 Å². The van der Waals surface area contributed by atoms with E-state index in [4.69, 9.17) is 0 Å². The number of pyridine rings is 1. The van der Waals surface area contributed by atoms with Crippen LogP contribution in [0.25, 0.3) is 0 Å². The van der Waals surface area contributed by atoms with Gasteiger partial charge >= 0.3 is 5.97 Å². The van der Waals surface area contributed by atoms with Gasteiger partial charge in [-0.25, -0.2) is 0 Å². The molecule has 0 saturated carbocycles. The molecule has 0 radical (unpaired) electrons. The molecule has 2 heterocycles. The normalized spacial score (nSPS) is 21.1. The monoisotopic (exact) mass is 296 g/mol. The largest absolute Gasteiger partial charge is 0.481 e. The Morgan fingerprint density at radius 3 is 2.64 bits per heavy atom. The number of hydrogen-bond donors (Lipinski definition) is 1. The van der Waals surface area contributed by atoms with E-state index in [1.807, 2.05) is 36.4 Å². The van der Waals surface area contributed by atoms with E-state index >= 15 is 0 Å². The molecule has 0 aliphatic carbocycles. The van der Waals surface area contributed by atoms with Crippen molar-refractivity contribution in [3.8, 4) is 0 Å². The molecule has 1 aliphatic heterocycles. The Morgan fingerprint density at radius 2 is 2.00 bits per heavy atom. The third-order valence-corrected chi connectivity index (χ3v) is 3.97. The molecule has 3 rings (SSSR count). The van der Waals surface area contributed by atoms with Gasteiger partial charge in [0.15, 0.2) is 0 Å². The molecule has 5 nitrogen and oxygen atoms in total. The van der Waals surface area contributed by atoms with E-state index in [9.17, 15) is 14.7 Å². The number of nitrogens with zero attached hydrogens (tertiary/aromatic N) is 2. The van der Waals surface area contributed by atoms with Crippen LogP contribution in [0.1, 0.15) is 23.6 Å². The van der Waals surface area contributed by atoms with Crippen LogP contribution >= 0.6 is 0 Å². The molecule has 2 aromatic rings. The molecule has 1 fully saturated rings. The molecule has 0 bridgehead atoms. The Labute approximate surface area is 128 Å². The van der Waals surface area contributed by atoms with Crippen LogP contribution in [0.15, 0.2) is 54.9 Å². The molecule has 2 atom stereocenters. The van der Waals surface area contributed by atoms with Gasteiger partial charge < -0.3 is 10.0 Å². The number of carbonyl (C=O) groups excluding carboxylic acids is 1. The highest BCUT2D eigenvalue weighted by Gasteiger charge is 2.44. The van der Waals surface area contributed by atoms with Crippen molar-refractivity contribution in [1.29, 1.82) is 0 Å². The maximum atomic E-state index is 12.3. The fourth-order valence-electron chi connectivity index (χ4n) is 2.94. The van der Waals surface area contributed by atoms with Crippen LogP contribution in [0.4, 0.5) is 0 Å². The lowest BCUT2D eigenvalue weighted by Crippen LogP contribution is -2.30. The van der Waals surface area contributed by atoms with Crippen molar-refractivity contribution in [2.24, 2.45) is 5.92 Å². The second-order valence-corrected chi connectivity index (χ2v) is 5.39. The summed E-state index contributed by atoms with van der Waals surface area (Å²) in [4.78, 5) is 29.6. The molecule has 0 spiro atoms. The lowest BCUT2D eigenvalue weighted by molar-refractivity contribution is -0.142. The number of aliphatic carboxylic acids is 1. The highest BCUT2D eigenvalue weighted by atomic mass is 16.4. The first kappa shape index (κ1) is 14.3. The van der Waals surface area contributed by atoms with Crippen LogP contribution < -0.4 is 0 Å². The number of benzene rings is 1. The second-order valence-electron chi connectivity index (χ2n) is 5.39. The Kier molecular flexibility index (Phi) is 3.87. The van der Waals surface area contributed by atoms with Crippen LogP contribution in [0.3, 0.4) is 0 Å². The van der Waals surface area contributed by atoms with Gasteiger partial charge in [-0.15, -0.1) is 0 Å². The zero-order chi connectivity index (χ0) is 15.5. The van der Waals surface area contributed by atoms with Crippen LogP contribution in [0.5, 0.6) is 0 Å². The van der Waals surface area contributed by atoms with Crippen LogP contribution in [0, 0.1) is 5.92 Å². The summed E-state index contributed by atoms with van der Waals surface area (Å²) in [5, 5.41) is 9.45. The number of likely N-dealkylation sites (tertiary alicyclic amines) is 1. The zero-order valence-corrected chi connectivity index (χ0v) is 11.9. The van der Waals surface area contributed by atoms with Gasteiger partial charge in [0.25, 0.3) is 0 Å². The van der Waals surface area contributed by atoms with Crippen molar-refractivity contribution >= 4 is 11.9 Å². The quantitative estimate of drug-likeness (QED) is 0.939. The number of rotatable bonds is 4. The Hall–Kier alpha value is -2.69. The molecule has 1 saturated heterocycles. The summed E-state index contributed by atoms with van der Waals surface area (Å²) in [6.45, 7) is 0.406. The van der Waals surface area contributed by atoms with Gasteiger partial charge in [0.05, 0.1) is 12.0 Å². The smallest absolute Gasteiger partial charge is 0.309 e. The van der Waals surface area contributed by atoms with Crippen molar-refractivity contribution in [3.63, 3.8) is 0 Å². The third kappa shape index (κ3) is 2.70. The van der Waals surface area contributed by atoms with Crippen molar-refractivity contribution in [2.45, 2.75) is 19.0 Å². The number of carbonyl (C=O) groups is 2. The molecule has 22 heavy (non-hydrogen) atoms. The average Bonchev–Trinajstić information content (AvgIpc) is 2.86. The molecule has 1 amide bonds. The number of hydrogen-bond acceptors (Lipinski definition) is 3. The Balaban J connectivity index is 1.95. The maximum Gasteiger partial charge on any atom is 0.309 e. The van der Waals surface area contributed by atoms with E-state index in [1.165, 1.54) is 0 Å². The van der Waals surface area contributed by atoms with Crippen LogP contribution in [-0.2, 0) is 16.1 Å². The summed E-state index contributed by atoms with van der Waals surface area (Å²) in [5.41, 5.74) is 1.74. The molecule has 0 unspecified atom stereocenters. The summed E-state index contributed by atoms with van der Waals surface area (Å²) >= 11 is 0. The predicted molar refractivity (Wildman–Crippen MR) is 79.7 cm³/mol. The minimum Gasteiger partial charge on any atom is -0.481 e. The summed E-state index contributed by atoms with van der Waals surface area (Å²) in [6.07, 6.45) is 3.30. The molecule has 112 valence electrons. The molecule has 1 aliphatic rings. The standard InChI is InChI=1S/C17H16N2O3/c20-15-9-14(17(21)22)16(13-7-4-8-18-10-13)19(15)11-12-5-2-1-3-6-12/h1-8,10,14,16H,9,11H2,(H,21,22)/t14-,16-/m0/s1. The highest BCUT2D eigenvalue weighted by Crippen LogP contribution is 2.38. The van der Waals surface area contributed by atoms with Crippen LogP contribution in [-0.4, -0.2) is 26.9 Å². The zero-order valence-electron chi connectivity index (χ0n) is 11.9. The Bertz CT molecular complexity index is 673. The minimum atomic E-state index is -0.947. The molecule has 1 aromatic carbocycles. The van der Waals surface area contributed by atoms with Gasteiger partial charge in [-0.2, -0.15) is 0 Å². The van der Waals surface area contributed by atoms with Gasteiger partial charge in [-0.1, -0.05) is 36.4 Å². The molecular formula is C17H16N2O3. The molecule has 5 heteroatoms. The summed E-state index contributed by atoms with van der Waals surface area (Å²) < 4.78 is 0. The number of amides is 1. The maximum absolute atomic E-state index is 12.3. The number of carboxylic acids is 1. The van der Waals surface area contributed by atoms with Crippen molar-refractivity contribution in [2.75, 3.05) is 0 Å². The molecule has 1 aromatic heterocycles. The van der Waals surface area contributed by atoms with Gasteiger partial charge in [-0.3, -0.25) is 14.6 Å². The fraction of sp³-hybridized carbons (Fsp3) is 0.235. The van der Waals surface area contributed by atoms with Crippen molar-refractivity contribution in [1.82, 2.24) is 9.88 Å². The fourth-order valence-corrected chi connectivity index (χ4v) is 2.94. The average molecular weight is 296 g/mol. The number of carboxylic acid groups (broad SMARTS) is 1. The van der Waals surface area contributed by atoms with Crippen molar-refractivity contribution in [3.05, 3.63) is 66.0 Å². The molecular weight excluding hydrogens is 280 g/mol. The lowest BCUT2D eigenvalue weighted by Gasteiger charge is -2.27. The molecule has 1 N–H and O–H groups in total. The minimum absolute atomic E-state index is 0.0295. The van der Waals surface area contributed by atoms with Crippen molar-refractivity contribution < 1.29 is 14.7 Å². The number of aromatic nitrogens is 1. The van der Waals surface area contributed by atoms with Gasteiger partial charge in [0, 0.05) is 25.4 Å². The van der Waals surface area contributed by atoms with Gasteiger partial charge in [-0.05, 0) is 17.2 Å². The SMILES string of the molecule is O=C(O)[C@H]1CC(=O)N(Cc2ccccc2)[C@H]1c1cccnc1. The highest BCUT2D eigenvalue weighted by molar-refractivity contribution is 5.87. The first-order valence-electron chi connectivity index (χ1n) is 7.13. The Morgan fingerprint density at radius 1 is 1.23 bits per heavy atom. The van der Waals surface area contributed by atoms with E-state index in [0.717, 1.165) is 11.1 Å². The van der Waals surface area contributed by atoms with E-state index in [2.05, 4.69) is 4.98 Å². The first-order valence-corrected chi connectivity index (χ1v) is 7.13. The van der Waals surface area contributed by atoms with Gasteiger partial charge in [0.2, 0.25) is 5.91 Å². The van der Waals surface area contributed by atoms with E-state index in [-0.39, 0.29) is 12.3 Å². The summed E-state index contributed by atoms with van der Waals surface area (Å²) in [6, 6.07) is 12.7. The first-order chi connectivity index (χ1) is 10.7. The van der Waals surface area contributed by atoms with Gasteiger partial charge in [0.1, 0.15) is 0 Å². The van der Waals surface area contributed by atoms with E-state index < -0.39 is 17.9 Å². The predicted octanol–water partition coefficient (Wildman–Crippen LogP) is 2.26. The second kappa shape index (κ2) is 5.97. The third-order valence-electron chi connectivity index (χ3n) is 3.97. The topological polar surface area (TPSA) is 70.5 Å². The van der Waals surface area contributed by atoms with E-state index in [0.29, 0.717) is 6.54 Å². The lowest BCUT2D eigenvalue weighted by atomic mass is 9.94.